The summed E-state index contributed by atoms with van der Waals surface area (Å²) in [6.07, 6.45) is 1.84. The van der Waals surface area contributed by atoms with Gasteiger partial charge in [-0.15, -0.1) is 0 Å². The second-order valence-corrected chi connectivity index (χ2v) is 8.94. The number of hydrogen-bond donors (Lipinski definition) is 0. The smallest absolute Gasteiger partial charge is 0.244 e. The number of rotatable bonds is 4. The molecule has 2 atom stereocenters. The number of aromatic nitrogens is 1. The number of amides is 1. The molecule has 0 aromatic carbocycles. The zero-order chi connectivity index (χ0) is 20.5. The minimum Gasteiger partial charge on any atom is -0.472 e. The van der Waals surface area contributed by atoms with E-state index in [-0.39, 0.29) is 23.6 Å². The average molecular weight is 391 g/mol. The van der Waals surface area contributed by atoms with Crippen molar-refractivity contribution in [2.75, 3.05) is 50.2 Å². The fourth-order valence-electron chi connectivity index (χ4n) is 3.86. The SMILES string of the molecule is C[C@@H]1COCCN1c1cc(OC(C)(C)C)nc(N2CCCC2C(=O)N(C)C)c1. The minimum absolute atomic E-state index is 0.128. The maximum absolute atomic E-state index is 12.7. The molecule has 0 aliphatic carbocycles. The summed E-state index contributed by atoms with van der Waals surface area (Å²) in [6, 6.07) is 4.22. The highest BCUT2D eigenvalue weighted by atomic mass is 16.5. The molecule has 1 aromatic heterocycles. The third-order valence-electron chi connectivity index (χ3n) is 5.16. The first-order valence-electron chi connectivity index (χ1n) is 10.2. The monoisotopic (exact) mass is 390 g/mol. The van der Waals surface area contributed by atoms with Gasteiger partial charge >= 0.3 is 0 Å². The maximum Gasteiger partial charge on any atom is 0.244 e. The number of pyridine rings is 1. The highest BCUT2D eigenvalue weighted by Crippen LogP contribution is 2.33. The van der Waals surface area contributed by atoms with Crippen molar-refractivity contribution in [2.24, 2.45) is 0 Å². The summed E-state index contributed by atoms with van der Waals surface area (Å²) in [6.45, 7) is 11.3. The molecule has 2 aliphatic heterocycles. The van der Waals surface area contributed by atoms with Crippen molar-refractivity contribution < 1.29 is 14.3 Å². The maximum atomic E-state index is 12.7. The third kappa shape index (κ3) is 4.69. The first-order chi connectivity index (χ1) is 13.2. The van der Waals surface area contributed by atoms with Crippen molar-refractivity contribution in [3.63, 3.8) is 0 Å². The number of likely N-dealkylation sites (N-methyl/N-ethyl adjacent to an activating group) is 1. The number of carbonyl (C=O) groups is 1. The Hall–Kier alpha value is -2.02. The van der Waals surface area contributed by atoms with Crippen LogP contribution in [0.4, 0.5) is 11.5 Å². The lowest BCUT2D eigenvalue weighted by Gasteiger charge is -2.36. The minimum atomic E-state index is -0.344. The van der Waals surface area contributed by atoms with Crippen LogP contribution in [0.15, 0.2) is 12.1 Å². The number of nitrogens with zero attached hydrogens (tertiary/aromatic N) is 4. The Bertz CT molecular complexity index is 701. The molecule has 3 heterocycles. The number of carbonyl (C=O) groups excluding carboxylic acids is 1. The Morgan fingerprint density at radius 1 is 1.25 bits per heavy atom. The van der Waals surface area contributed by atoms with Gasteiger partial charge in [0.25, 0.3) is 0 Å². The van der Waals surface area contributed by atoms with Crippen LogP contribution in [0.2, 0.25) is 0 Å². The largest absolute Gasteiger partial charge is 0.472 e. The molecule has 7 nitrogen and oxygen atoms in total. The Labute approximate surface area is 168 Å². The highest BCUT2D eigenvalue weighted by Gasteiger charge is 2.34. The Kier molecular flexibility index (Phi) is 6.03. The van der Waals surface area contributed by atoms with E-state index >= 15 is 0 Å². The van der Waals surface area contributed by atoms with Gasteiger partial charge in [-0.05, 0) is 40.5 Å². The summed E-state index contributed by atoms with van der Waals surface area (Å²) >= 11 is 0. The van der Waals surface area contributed by atoms with E-state index in [2.05, 4.69) is 22.8 Å². The quantitative estimate of drug-likeness (QED) is 0.788. The zero-order valence-corrected chi connectivity index (χ0v) is 18.1. The molecular formula is C21H34N4O3. The second kappa shape index (κ2) is 8.15. The predicted octanol–water partition coefficient (Wildman–Crippen LogP) is 2.54. The van der Waals surface area contributed by atoms with Gasteiger partial charge < -0.3 is 24.2 Å². The fraction of sp³-hybridized carbons (Fsp3) is 0.714. The Morgan fingerprint density at radius 3 is 2.64 bits per heavy atom. The molecule has 2 aliphatic rings. The summed E-state index contributed by atoms with van der Waals surface area (Å²) in [4.78, 5) is 23.6. The number of hydrogen-bond acceptors (Lipinski definition) is 6. The van der Waals surface area contributed by atoms with Crippen molar-refractivity contribution in [2.45, 2.75) is 58.2 Å². The average Bonchev–Trinajstić information content (AvgIpc) is 3.09. The van der Waals surface area contributed by atoms with Gasteiger partial charge in [-0.2, -0.15) is 4.98 Å². The molecule has 1 aromatic rings. The third-order valence-corrected chi connectivity index (χ3v) is 5.16. The van der Waals surface area contributed by atoms with E-state index in [1.807, 2.05) is 40.9 Å². The van der Waals surface area contributed by atoms with Crippen molar-refractivity contribution in [1.29, 1.82) is 0 Å². The van der Waals surface area contributed by atoms with Gasteiger partial charge in [0.05, 0.1) is 13.2 Å². The van der Waals surface area contributed by atoms with E-state index in [1.54, 1.807) is 4.90 Å². The lowest BCUT2D eigenvalue weighted by atomic mass is 10.2. The molecule has 156 valence electrons. The molecule has 2 fully saturated rings. The molecule has 1 unspecified atom stereocenters. The van der Waals surface area contributed by atoms with Crippen LogP contribution in [0.5, 0.6) is 5.88 Å². The van der Waals surface area contributed by atoms with Gasteiger partial charge in [-0.1, -0.05) is 0 Å². The van der Waals surface area contributed by atoms with Crippen LogP contribution in [-0.2, 0) is 9.53 Å². The van der Waals surface area contributed by atoms with Crippen LogP contribution in [0, 0.1) is 0 Å². The van der Waals surface area contributed by atoms with Crippen LogP contribution < -0.4 is 14.5 Å². The normalized spacial score (nSPS) is 23.1. The molecule has 3 rings (SSSR count). The van der Waals surface area contributed by atoms with E-state index < -0.39 is 0 Å². The molecule has 7 heteroatoms. The zero-order valence-electron chi connectivity index (χ0n) is 18.1. The second-order valence-electron chi connectivity index (χ2n) is 8.94. The van der Waals surface area contributed by atoms with E-state index in [9.17, 15) is 4.79 Å². The van der Waals surface area contributed by atoms with Crippen molar-refractivity contribution in [3.05, 3.63) is 12.1 Å². The summed E-state index contributed by atoms with van der Waals surface area (Å²) in [5.41, 5.74) is 0.728. The topological polar surface area (TPSA) is 58.1 Å². The van der Waals surface area contributed by atoms with Gasteiger partial charge in [0, 0.05) is 51.0 Å². The van der Waals surface area contributed by atoms with E-state index in [0.717, 1.165) is 37.4 Å². The van der Waals surface area contributed by atoms with Crippen LogP contribution in [0.3, 0.4) is 0 Å². The van der Waals surface area contributed by atoms with Crippen molar-refractivity contribution >= 4 is 17.4 Å². The summed E-state index contributed by atoms with van der Waals surface area (Å²) in [5, 5.41) is 0. The lowest BCUT2D eigenvalue weighted by molar-refractivity contribution is -0.129. The molecule has 28 heavy (non-hydrogen) atoms. The van der Waals surface area contributed by atoms with Gasteiger partial charge in [-0.3, -0.25) is 4.79 Å². The summed E-state index contributed by atoms with van der Waals surface area (Å²) < 4.78 is 11.7. The molecule has 2 saturated heterocycles. The molecule has 0 spiro atoms. The number of anilines is 2. The predicted molar refractivity (Wildman–Crippen MR) is 111 cm³/mol. The molecule has 0 N–H and O–H groups in total. The molecular weight excluding hydrogens is 356 g/mol. The number of ether oxygens (including phenoxy) is 2. The van der Waals surface area contributed by atoms with Crippen LogP contribution in [0.25, 0.3) is 0 Å². The van der Waals surface area contributed by atoms with Crippen LogP contribution in [0.1, 0.15) is 40.5 Å². The van der Waals surface area contributed by atoms with Crippen LogP contribution >= 0.6 is 0 Å². The molecule has 0 saturated carbocycles. The first-order valence-corrected chi connectivity index (χ1v) is 10.2. The molecule has 0 radical (unpaired) electrons. The first kappa shape index (κ1) is 20.7. The van der Waals surface area contributed by atoms with E-state index in [0.29, 0.717) is 19.1 Å². The summed E-state index contributed by atoms with van der Waals surface area (Å²) in [7, 11) is 3.62. The van der Waals surface area contributed by atoms with Crippen molar-refractivity contribution in [3.8, 4) is 5.88 Å². The van der Waals surface area contributed by atoms with Crippen molar-refractivity contribution in [1.82, 2.24) is 9.88 Å². The van der Waals surface area contributed by atoms with Crippen LogP contribution in [-0.4, -0.2) is 73.9 Å². The van der Waals surface area contributed by atoms with E-state index in [1.165, 1.54) is 0 Å². The molecule has 1 amide bonds. The van der Waals surface area contributed by atoms with E-state index in [4.69, 9.17) is 14.5 Å². The Morgan fingerprint density at radius 2 is 2.00 bits per heavy atom. The summed E-state index contributed by atoms with van der Waals surface area (Å²) in [5.74, 6) is 1.54. The van der Waals surface area contributed by atoms with Gasteiger partial charge in [0.1, 0.15) is 17.5 Å². The molecule has 0 bridgehead atoms. The number of morpholine rings is 1. The van der Waals surface area contributed by atoms with Gasteiger partial charge in [-0.25, -0.2) is 0 Å². The fourth-order valence-corrected chi connectivity index (χ4v) is 3.86. The standard InChI is InChI=1S/C21H34N4O3/c1-15-14-27-11-10-24(15)16-12-18(22-19(13-16)28-21(2,3)4)25-9-7-8-17(25)20(26)23(5)6/h12-13,15,17H,7-11,14H2,1-6H3/t15-,17?/m1/s1. The lowest BCUT2D eigenvalue weighted by Crippen LogP contribution is -2.44. The van der Waals surface area contributed by atoms with Gasteiger partial charge in [0.2, 0.25) is 11.8 Å². The Balaban J connectivity index is 1.98. The highest BCUT2D eigenvalue weighted by molar-refractivity contribution is 5.85. The van der Waals surface area contributed by atoms with Gasteiger partial charge in [0.15, 0.2) is 0 Å².